The van der Waals surface area contributed by atoms with Crippen molar-refractivity contribution in [2.45, 2.75) is 25.5 Å². The molecule has 0 bridgehead atoms. The fourth-order valence-electron chi connectivity index (χ4n) is 4.17. The van der Waals surface area contributed by atoms with Gasteiger partial charge in [-0.1, -0.05) is 24.3 Å². The maximum atomic E-state index is 12.8. The third-order valence-corrected chi connectivity index (χ3v) is 5.58. The lowest BCUT2D eigenvalue weighted by Gasteiger charge is -2.36. The van der Waals surface area contributed by atoms with Crippen LogP contribution < -0.4 is 9.47 Å². The minimum Gasteiger partial charge on any atom is -0.497 e. The van der Waals surface area contributed by atoms with Crippen molar-refractivity contribution in [3.63, 3.8) is 0 Å². The normalized spacial score (nSPS) is 19.5. The number of carbonyl (C=O) groups is 1. The molecule has 9 heteroatoms. The number of ether oxygens (including phenoxy) is 2. The van der Waals surface area contributed by atoms with Crippen LogP contribution in [0.4, 0.5) is 18.0 Å². The lowest BCUT2D eigenvalue weighted by molar-refractivity contribution is -0.274. The van der Waals surface area contributed by atoms with E-state index in [1.807, 2.05) is 34.1 Å². The third-order valence-electron chi connectivity index (χ3n) is 5.58. The quantitative estimate of drug-likeness (QED) is 0.694. The highest BCUT2D eigenvalue weighted by Crippen LogP contribution is 2.26. The molecular weight excluding hydrogens is 411 g/mol. The number of rotatable bonds is 6. The second-order valence-corrected chi connectivity index (χ2v) is 7.79. The second kappa shape index (κ2) is 8.66. The SMILES string of the molecule is COc1ccc(CN2C[C@H]3CN(Cc4cccc(OC(F)(F)F)c4)CCN3C2=O)cc1. The maximum absolute atomic E-state index is 12.8. The number of hydrogen-bond donors (Lipinski definition) is 0. The Hall–Kier alpha value is -2.94. The summed E-state index contributed by atoms with van der Waals surface area (Å²) in [6.45, 7) is 3.61. The van der Waals surface area contributed by atoms with Gasteiger partial charge in [-0.15, -0.1) is 13.2 Å². The van der Waals surface area contributed by atoms with Crippen molar-refractivity contribution in [2.75, 3.05) is 33.3 Å². The van der Waals surface area contributed by atoms with Gasteiger partial charge in [0.1, 0.15) is 11.5 Å². The molecule has 2 heterocycles. The Morgan fingerprint density at radius 2 is 1.74 bits per heavy atom. The van der Waals surface area contributed by atoms with Gasteiger partial charge in [0.15, 0.2) is 0 Å². The van der Waals surface area contributed by atoms with Gasteiger partial charge in [-0.25, -0.2) is 4.79 Å². The smallest absolute Gasteiger partial charge is 0.497 e. The molecule has 6 nitrogen and oxygen atoms in total. The highest BCUT2D eigenvalue weighted by Gasteiger charge is 2.40. The maximum Gasteiger partial charge on any atom is 0.573 e. The number of halogens is 3. The molecule has 0 aliphatic carbocycles. The average molecular weight is 435 g/mol. The van der Waals surface area contributed by atoms with Gasteiger partial charge < -0.3 is 19.3 Å². The second-order valence-electron chi connectivity index (χ2n) is 7.79. The fourth-order valence-corrected chi connectivity index (χ4v) is 4.17. The van der Waals surface area contributed by atoms with Gasteiger partial charge in [-0.2, -0.15) is 0 Å². The van der Waals surface area contributed by atoms with Crippen LogP contribution in [-0.2, 0) is 13.1 Å². The molecule has 166 valence electrons. The summed E-state index contributed by atoms with van der Waals surface area (Å²) >= 11 is 0. The zero-order chi connectivity index (χ0) is 22.0. The first-order chi connectivity index (χ1) is 14.8. The molecule has 4 rings (SSSR count). The Bertz CT molecular complexity index is 920. The van der Waals surface area contributed by atoms with Crippen molar-refractivity contribution in [3.05, 3.63) is 59.7 Å². The van der Waals surface area contributed by atoms with E-state index >= 15 is 0 Å². The van der Waals surface area contributed by atoms with E-state index in [2.05, 4.69) is 9.64 Å². The highest BCUT2D eigenvalue weighted by molar-refractivity contribution is 5.77. The number of methoxy groups -OCH3 is 1. The van der Waals surface area contributed by atoms with Crippen molar-refractivity contribution in [3.8, 4) is 11.5 Å². The monoisotopic (exact) mass is 435 g/mol. The molecule has 2 fully saturated rings. The van der Waals surface area contributed by atoms with E-state index in [-0.39, 0.29) is 17.8 Å². The molecule has 2 amide bonds. The van der Waals surface area contributed by atoms with Crippen molar-refractivity contribution < 1.29 is 27.4 Å². The van der Waals surface area contributed by atoms with Crippen molar-refractivity contribution in [1.82, 2.24) is 14.7 Å². The number of carbonyl (C=O) groups excluding carboxylic acids is 1. The molecular formula is C22H24F3N3O3. The fraction of sp³-hybridized carbons (Fsp3) is 0.409. The zero-order valence-electron chi connectivity index (χ0n) is 17.1. The summed E-state index contributed by atoms with van der Waals surface area (Å²) in [5.41, 5.74) is 1.78. The summed E-state index contributed by atoms with van der Waals surface area (Å²) in [7, 11) is 1.61. The Morgan fingerprint density at radius 3 is 2.45 bits per heavy atom. The molecule has 0 radical (unpaired) electrons. The van der Waals surface area contributed by atoms with Crippen molar-refractivity contribution in [1.29, 1.82) is 0 Å². The summed E-state index contributed by atoms with van der Waals surface area (Å²) in [6.07, 6.45) is -4.71. The van der Waals surface area contributed by atoms with Crippen LogP contribution in [0.5, 0.6) is 11.5 Å². The van der Waals surface area contributed by atoms with Crippen LogP contribution in [0.25, 0.3) is 0 Å². The molecule has 2 aromatic carbocycles. The molecule has 2 aromatic rings. The largest absolute Gasteiger partial charge is 0.573 e. The van der Waals surface area contributed by atoms with Gasteiger partial charge in [0.05, 0.1) is 13.2 Å². The van der Waals surface area contributed by atoms with E-state index < -0.39 is 6.36 Å². The minimum absolute atomic E-state index is 0.0287. The molecule has 2 saturated heterocycles. The number of alkyl halides is 3. The van der Waals surface area contributed by atoms with E-state index in [9.17, 15) is 18.0 Å². The van der Waals surface area contributed by atoms with E-state index in [4.69, 9.17) is 4.74 Å². The number of piperazine rings is 1. The van der Waals surface area contributed by atoms with Crippen molar-refractivity contribution in [2.24, 2.45) is 0 Å². The summed E-state index contributed by atoms with van der Waals surface area (Å²) < 4.78 is 46.6. The molecule has 0 spiro atoms. The topological polar surface area (TPSA) is 45.2 Å². The molecule has 0 N–H and O–H groups in total. The number of nitrogens with zero attached hydrogens (tertiary/aromatic N) is 3. The lowest BCUT2D eigenvalue weighted by Crippen LogP contribution is -2.51. The summed E-state index contributed by atoms with van der Waals surface area (Å²) in [5.74, 6) is 0.555. The number of urea groups is 1. The highest BCUT2D eigenvalue weighted by atomic mass is 19.4. The number of hydrogen-bond acceptors (Lipinski definition) is 4. The summed E-state index contributed by atoms with van der Waals surface area (Å²) in [6, 6.07) is 13.8. The third kappa shape index (κ3) is 5.22. The standard InChI is InChI=1S/C22H24F3N3O3/c1-30-19-7-5-16(6-8-19)13-27-15-18-14-26(9-10-28(18)21(27)29)12-17-3-2-4-20(11-17)31-22(23,24)25/h2-8,11,18H,9-10,12-15H2,1H3/t18-/m1/s1. The molecule has 0 unspecified atom stereocenters. The van der Waals surface area contributed by atoms with Crippen LogP contribution in [0.2, 0.25) is 0 Å². The van der Waals surface area contributed by atoms with Gasteiger partial charge in [-0.3, -0.25) is 4.90 Å². The average Bonchev–Trinajstić information content (AvgIpc) is 3.02. The minimum atomic E-state index is -4.71. The van der Waals surface area contributed by atoms with Crippen molar-refractivity contribution >= 4 is 6.03 Å². The van der Waals surface area contributed by atoms with Gasteiger partial charge in [0, 0.05) is 39.3 Å². The van der Waals surface area contributed by atoms with Gasteiger partial charge >= 0.3 is 12.4 Å². The molecule has 2 aliphatic rings. The van der Waals surface area contributed by atoms with Crippen LogP contribution in [0.1, 0.15) is 11.1 Å². The molecule has 1 atom stereocenters. The van der Waals surface area contributed by atoms with Gasteiger partial charge in [0.25, 0.3) is 0 Å². The summed E-state index contributed by atoms with van der Waals surface area (Å²) in [5, 5.41) is 0. The lowest BCUT2D eigenvalue weighted by atomic mass is 10.1. The van der Waals surface area contributed by atoms with E-state index in [0.717, 1.165) is 16.9 Å². The van der Waals surface area contributed by atoms with E-state index in [0.29, 0.717) is 39.3 Å². The van der Waals surface area contributed by atoms with Crippen LogP contribution in [0, 0.1) is 0 Å². The van der Waals surface area contributed by atoms with Crippen LogP contribution in [0.3, 0.4) is 0 Å². The van der Waals surface area contributed by atoms with E-state index in [1.54, 1.807) is 19.2 Å². The predicted molar refractivity (Wildman–Crippen MR) is 108 cm³/mol. The van der Waals surface area contributed by atoms with Gasteiger partial charge in [0.2, 0.25) is 0 Å². The Balaban J connectivity index is 1.35. The number of benzene rings is 2. The van der Waals surface area contributed by atoms with Crippen LogP contribution in [-0.4, -0.2) is 66.4 Å². The van der Waals surface area contributed by atoms with Gasteiger partial charge in [-0.05, 0) is 35.4 Å². The first kappa shape index (κ1) is 21.3. The Morgan fingerprint density at radius 1 is 0.968 bits per heavy atom. The Labute approximate surface area is 178 Å². The van der Waals surface area contributed by atoms with Crippen LogP contribution in [0.15, 0.2) is 48.5 Å². The first-order valence-electron chi connectivity index (χ1n) is 10.1. The summed E-state index contributed by atoms with van der Waals surface area (Å²) in [4.78, 5) is 18.7. The Kier molecular flexibility index (Phi) is 5.95. The van der Waals surface area contributed by atoms with Crippen LogP contribution >= 0.6 is 0 Å². The molecule has 2 aliphatic heterocycles. The number of amides is 2. The molecule has 31 heavy (non-hydrogen) atoms. The van der Waals surface area contributed by atoms with E-state index in [1.165, 1.54) is 12.1 Å². The molecule has 0 aromatic heterocycles. The predicted octanol–water partition coefficient (Wildman–Crippen LogP) is 3.72. The number of fused-ring (bicyclic) bond motifs is 1. The first-order valence-corrected chi connectivity index (χ1v) is 10.1. The zero-order valence-corrected chi connectivity index (χ0v) is 17.1. The molecule has 0 saturated carbocycles.